The van der Waals surface area contributed by atoms with Crippen molar-refractivity contribution in [2.75, 3.05) is 31.2 Å². The average Bonchev–Trinajstić information content (AvgIpc) is 2.77. The van der Waals surface area contributed by atoms with Crippen LogP contribution < -0.4 is 10.2 Å². The Kier molecular flexibility index (Phi) is 4.19. The second-order valence-corrected chi connectivity index (χ2v) is 5.17. The van der Waals surface area contributed by atoms with Crippen LogP contribution in [-0.2, 0) is 11.3 Å². The van der Waals surface area contributed by atoms with Crippen LogP contribution in [0.1, 0.15) is 33.1 Å². The topological polar surface area (TPSA) is 63.4 Å². The molecule has 0 amide bonds. The maximum absolute atomic E-state index is 5.69. The van der Waals surface area contributed by atoms with Crippen molar-refractivity contribution in [1.29, 1.82) is 0 Å². The third-order valence-electron chi connectivity index (χ3n) is 3.04. The fourth-order valence-electron chi connectivity index (χ4n) is 2.01. The smallest absolute Gasteiger partial charge is 0.318 e. The molecule has 0 saturated carbocycles. The van der Waals surface area contributed by atoms with Gasteiger partial charge in [-0.2, -0.15) is 0 Å². The van der Waals surface area contributed by atoms with Crippen LogP contribution in [0.15, 0.2) is 4.42 Å². The van der Waals surface area contributed by atoms with Crippen LogP contribution in [0.5, 0.6) is 0 Å². The van der Waals surface area contributed by atoms with Gasteiger partial charge in [-0.1, -0.05) is 12.0 Å². The quantitative estimate of drug-likeness (QED) is 0.796. The number of ether oxygens (including phenoxy) is 1. The SMILES string of the molecule is CCCNCc1nnc(N2CCOCC2(C)C)o1. The average molecular weight is 254 g/mol. The number of anilines is 1. The highest BCUT2D eigenvalue weighted by Gasteiger charge is 2.33. The van der Waals surface area contributed by atoms with E-state index in [0.717, 1.165) is 19.5 Å². The summed E-state index contributed by atoms with van der Waals surface area (Å²) >= 11 is 0. The summed E-state index contributed by atoms with van der Waals surface area (Å²) in [6.45, 7) is 10.1. The summed E-state index contributed by atoms with van der Waals surface area (Å²) in [6, 6.07) is 0.594. The van der Waals surface area contributed by atoms with Crippen LogP contribution in [0.4, 0.5) is 6.01 Å². The molecule has 0 bridgehead atoms. The predicted molar refractivity (Wildman–Crippen MR) is 68.5 cm³/mol. The maximum atomic E-state index is 5.69. The van der Waals surface area contributed by atoms with E-state index in [4.69, 9.17) is 9.15 Å². The highest BCUT2D eigenvalue weighted by molar-refractivity contribution is 5.30. The van der Waals surface area contributed by atoms with E-state index in [-0.39, 0.29) is 5.54 Å². The second-order valence-electron chi connectivity index (χ2n) is 5.17. The van der Waals surface area contributed by atoms with Gasteiger partial charge in [-0.05, 0) is 26.8 Å². The zero-order chi connectivity index (χ0) is 13.0. The van der Waals surface area contributed by atoms with Gasteiger partial charge in [-0.15, -0.1) is 5.10 Å². The molecule has 6 heteroatoms. The number of nitrogens with zero attached hydrogens (tertiary/aromatic N) is 3. The Morgan fingerprint density at radius 2 is 2.22 bits per heavy atom. The van der Waals surface area contributed by atoms with E-state index in [2.05, 4.69) is 41.2 Å². The van der Waals surface area contributed by atoms with Crippen molar-refractivity contribution in [1.82, 2.24) is 15.5 Å². The maximum Gasteiger partial charge on any atom is 0.318 e. The Bertz CT molecular complexity index is 378. The third-order valence-corrected chi connectivity index (χ3v) is 3.04. The van der Waals surface area contributed by atoms with Gasteiger partial charge >= 0.3 is 6.01 Å². The molecule has 102 valence electrons. The summed E-state index contributed by atoms with van der Waals surface area (Å²) < 4.78 is 11.2. The van der Waals surface area contributed by atoms with Crippen molar-refractivity contribution in [2.45, 2.75) is 39.3 Å². The van der Waals surface area contributed by atoms with Gasteiger partial charge in [0.1, 0.15) is 0 Å². The van der Waals surface area contributed by atoms with Gasteiger partial charge in [0.2, 0.25) is 5.89 Å². The van der Waals surface area contributed by atoms with E-state index in [1.807, 2.05) is 0 Å². The number of morpholine rings is 1. The lowest BCUT2D eigenvalue weighted by atomic mass is 10.0. The monoisotopic (exact) mass is 254 g/mol. The molecule has 0 aromatic carbocycles. The molecule has 0 atom stereocenters. The molecule has 18 heavy (non-hydrogen) atoms. The third kappa shape index (κ3) is 3.00. The summed E-state index contributed by atoms with van der Waals surface area (Å²) in [6.07, 6.45) is 1.09. The van der Waals surface area contributed by atoms with Crippen molar-refractivity contribution in [3.05, 3.63) is 5.89 Å². The molecule has 1 saturated heterocycles. The first-order chi connectivity index (χ1) is 8.63. The summed E-state index contributed by atoms with van der Waals surface area (Å²) in [5.41, 5.74) is -0.0983. The van der Waals surface area contributed by atoms with Gasteiger partial charge in [0.25, 0.3) is 0 Å². The molecule has 6 nitrogen and oxygen atoms in total. The summed E-state index contributed by atoms with van der Waals surface area (Å²) in [5.74, 6) is 0.640. The number of aromatic nitrogens is 2. The Balaban J connectivity index is 2.00. The van der Waals surface area contributed by atoms with Crippen LogP contribution in [0.2, 0.25) is 0 Å². The normalized spacial score (nSPS) is 19.2. The minimum Gasteiger partial charge on any atom is -0.407 e. The molecule has 0 spiro atoms. The molecule has 2 rings (SSSR count). The lowest BCUT2D eigenvalue weighted by molar-refractivity contribution is 0.0610. The van der Waals surface area contributed by atoms with Gasteiger partial charge in [0, 0.05) is 6.54 Å². The van der Waals surface area contributed by atoms with Gasteiger partial charge in [-0.25, -0.2) is 0 Å². The zero-order valence-electron chi connectivity index (χ0n) is 11.4. The Morgan fingerprint density at radius 3 is 2.94 bits per heavy atom. The van der Waals surface area contributed by atoms with Crippen LogP contribution >= 0.6 is 0 Å². The molecular formula is C12H22N4O2. The molecule has 1 aliphatic rings. The Morgan fingerprint density at radius 1 is 1.39 bits per heavy atom. The summed E-state index contributed by atoms with van der Waals surface area (Å²) in [5, 5.41) is 11.4. The van der Waals surface area contributed by atoms with Crippen LogP contribution in [0, 0.1) is 0 Å². The van der Waals surface area contributed by atoms with Gasteiger partial charge < -0.3 is 19.4 Å². The number of hydrogen-bond acceptors (Lipinski definition) is 6. The van der Waals surface area contributed by atoms with Crippen LogP contribution in [0.3, 0.4) is 0 Å². The first-order valence-electron chi connectivity index (χ1n) is 6.52. The lowest BCUT2D eigenvalue weighted by Crippen LogP contribution is -2.53. The Hall–Kier alpha value is -1.14. The second kappa shape index (κ2) is 5.67. The van der Waals surface area contributed by atoms with E-state index >= 15 is 0 Å². The Labute approximate surface area is 108 Å². The lowest BCUT2D eigenvalue weighted by Gasteiger charge is -2.40. The molecule has 1 aromatic rings. The highest BCUT2D eigenvalue weighted by Crippen LogP contribution is 2.25. The molecule has 0 aliphatic carbocycles. The summed E-state index contributed by atoms with van der Waals surface area (Å²) in [7, 11) is 0. The predicted octanol–water partition coefficient (Wildman–Crippen LogP) is 1.18. The molecule has 0 unspecified atom stereocenters. The fourth-order valence-corrected chi connectivity index (χ4v) is 2.01. The molecule has 2 heterocycles. The standard InChI is InChI=1S/C12H22N4O2/c1-4-5-13-8-10-14-15-11(18-10)16-6-7-17-9-12(16,2)3/h13H,4-9H2,1-3H3. The van der Waals surface area contributed by atoms with E-state index in [1.54, 1.807) is 0 Å². The van der Waals surface area contributed by atoms with Gasteiger partial charge in [0.05, 0.1) is 25.3 Å². The van der Waals surface area contributed by atoms with E-state index in [1.165, 1.54) is 0 Å². The number of nitrogens with one attached hydrogen (secondary N) is 1. The summed E-state index contributed by atoms with van der Waals surface area (Å²) in [4.78, 5) is 2.12. The number of hydrogen-bond donors (Lipinski definition) is 1. The fraction of sp³-hybridized carbons (Fsp3) is 0.833. The largest absolute Gasteiger partial charge is 0.407 e. The van der Waals surface area contributed by atoms with Crippen molar-refractivity contribution < 1.29 is 9.15 Å². The zero-order valence-corrected chi connectivity index (χ0v) is 11.4. The minimum atomic E-state index is -0.0983. The first kappa shape index (κ1) is 13.3. The van der Waals surface area contributed by atoms with Gasteiger partial charge in [0.15, 0.2) is 0 Å². The van der Waals surface area contributed by atoms with Crippen molar-refractivity contribution >= 4 is 6.01 Å². The first-order valence-corrected chi connectivity index (χ1v) is 6.52. The van der Waals surface area contributed by atoms with Crippen molar-refractivity contribution in [3.63, 3.8) is 0 Å². The number of rotatable bonds is 5. The van der Waals surface area contributed by atoms with E-state index in [0.29, 0.717) is 31.7 Å². The van der Waals surface area contributed by atoms with Crippen LogP contribution in [0.25, 0.3) is 0 Å². The van der Waals surface area contributed by atoms with Crippen molar-refractivity contribution in [3.8, 4) is 0 Å². The molecule has 1 N–H and O–H groups in total. The molecule has 1 aliphatic heterocycles. The molecule has 1 fully saturated rings. The molecule has 1 aromatic heterocycles. The molecular weight excluding hydrogens is 232 g/mol. The molecule has 0 radical (unpaired) electrons. The van der Waals surface area contributed by atoms with E-state index < -0.39 is 0 Å². The highest BCUT2D eigenvalue weighted by atomic mass is 16.5. The van der Waals surface area contributed by atoms with Crippen LogP contribution in [-0.4, -0.2) is 42.0 Å². The minimum absolute atomic E-state index is 0.0983. The van der Waals surface area contributed by atoms with Crippen molar-refractivity contribution in [2.24, 2.45) is 0 Å². The van der Waals surface area contributed by atoms with Gasteiger partial charge in [-0.3, -0.25) is 0 Å². The van der Waals surface area contributed by atoms with E-state index in [9.17, 15) is 0 Å².